The summed E-state index contributed by atoms with van der Waals surface area (Å²) < 4.78 is 4.70. The number of aromatic nitrogens is 3. The second-order valence-electron chi connectivity index (χ2n) is 4.94. The third-order valence-corrected chi connectivity index (χ3v) is 2.79. The minimum atomic E-state index is -0.318. The number of nitrogens with zero attached hydrogens (tertiary/aromatic N) is 3. The van der Waals surface area contributed by atoms with E-state index in [0.717, 1.165) is 13.0 Å². The summed E-state index contributed by atoms with van der Waals surface area (Å²) in [6.45, 7) is 6.76. The average molecular weight is 289 g/mol. The van der Waals surface area contributed by atoms with Crippen LogP contribution in [0.4, 0.5) is 11.4 Å². The molecule has 0 spiro atoms. The maximum Gasteiger partial charge on any atom is 0.276 e. The van der Waals surface area contributed by atoms with Crippen molar-refractivity contribution in [3.63, 3.8) is 0 Å². The zero-order valence-corrected chi connectivity index (χ0v) is 12.4. The van der Waals surface area contributed by atoms with Gasteiger partial charge in [0, 0.05) is 12.5 Å². The van der Waals surface area contributed by atoms with Crippen LogP contribution in [0.1, 0.15) is 49.4 Å². The lowest BCUT2D eigenvalue weighted by molar-refractivity contribution is 0.102. The molecule has 0 saturated heterocycles. The lowest BCUT2D eigenvalue weighted by atomic mass is 10.2. The van der Waals surface area contributed by atoms with E-state index in [1.54, 1.807) is 6.20 Å². The summed E-state index contributed by atoms with van der Waals surface area (Å²) in [4.78, 5) is 21.0. The van der Waals surface area contributed by atoms with E-state index in [4.69, 9.17) is 4.52 Å². The van der Waals surface area contributed by atoms with Crippen molar-refractivity contribution in [1.82, 2.24) is 15.1 Å². The first-order chi connectivity index (χ1) is 10.1. The maximum atomic E-state index is 12.4. The lowest BCUT2D eigenvalue weighted by Gasteiger charge is -2.12. The van der Waals surface area contributed by atoms with Crippen molar-refractivity contribution in [3.05, 3.63) is 30.2 Å². The molecule has 2 rings (SSSR count). The maximum absolute atomic E-state index is 12.4. The van der Waals surface area contributed by atoms with Gasteiger partial charge in [0.15, 0.2) is 5.69 Å². The van der Waals surface area contributed by atoms with Crippen molar-refractivity contribution in [2.75, 3.05) is 17.2 Å². The Labute approximate surface area is 123 Å². The van der Waals surface area contributed by atoms with Gasteiger partial charge in [-0.1, -0.05) is 25.9 Å². The number of carbonyl (C=O) groups excluding carboxylic acids is 1. The van der Waals surface area contributed by atoms with E-state index in [-0.39, 0.29) is 11.8 Å². The highest BCUT2D eigenvalue weighted by Gasteiger charge is 2.17. The summed E-state index contributed by atoms with van der Waals surface area (Å²) in [5.74, 6) is 0.459. The van der Waals surface area contributed by atoms with Gasteiger partial charge in [0.1, 0.15) is 17.8 Å². The van der Waals surface area contributed by atoms with Crippen LogP contribution in [-0.4, -0.2) is 27.6 Å². The molecular formula is C14H19N5O2. The Morgan fingerprint density at radius 3 is 2.81 bits per heavy atom. The van der Waals surface area contributed by atoms with Crippen LogP contribution in [0, 0.1) is 0 Å². The van der Waals surface area contributed by atoms with Gasteiger partial charge in [-0.3, -0.25) is 4.79 Å². The summed E-state index contributed by atoms with van der Waals surface area (Å²) in [7, 11) is 0. The van der Waals surface area contributed by atoms with Gasteiger partial charge in [0.05, 0.1) is 18.1 Å². The van der Waals surface area contributed by atoms with Crippen LogP contribution in [0.5, 0.6) is 0 Å². The molecule has 2 heterocycles. The van der Waals surface area contributed by atoms with Crippen molar-refractivity contribution in [2.24, 2.45) is 0 Å². The van der Waals surface area contributed by atoms with Crippen molar-refractivity contribution in [2.45, 2.75) is 33.1 Å². The third kappa shape index (κ3) is 3.77. The van der Waals surface area contributed by atoms with Gasteiger partial charge in [-0.05, 0) is 6.42 Å². The van der Waals surface area contributed by atoms with E-state index >= 15 is 0 Å². The van der Waals surface area contributed by atoms with Gasteiger partial charge in [-0.2, -0.15) is 0 Å². The number of amides is 1. The van der Waals surface area contributed by atoms with Crippen LogP contribution >= 0.6 is 0 Å². The van der Waals surface area contributed by atoms with Crippen LogP contribution in [0.25, 0.3) is 0 Å². The molecule has 21 heavy (non-hydrogen) atoms. The van der Waals surface area contributed by atoms with E-state index in [0.29, 0.717) is 22.9 Å². The first-order valence-corrected chi connectivity index (χ1v) is 6.93. The summed E-state index contributed by atoms with van der Waals surface area (Å²) >= 11 is 0. The number of hydrogen-bond acceptors (Lipinski definition) is 6. The van der Waals surface area contributed by atoms with Crippen LogP contribution < -0.4 is 10.6 Å². The van der Waals surface area contributed by atoms with E-state index in [1.807, 2.05) is 20.8 Å². The molecule has 0 aromatic carbocycles. The largest absolute Gasteiger partial charge is 0.382 e. The van der Waals surface area contributed by atoms with E-state index in [1.165, 1.54) is 12.5 Å². The van der Waals surface area contributed by atoms with Crippen molar-refractivity contribution in [3.8, 4) is 0 Å². The molecule has 7 heteroatoms. The predicted molar refractivity (Wildman–Crippen MR) is 79.4 cm³/mol. The summed E-state index contributed by atoms with van der Waals surface area (Å²) in [5.41, 5.74) is 1.43. The number of anilines is 2. The molecule has 2 aromatic heterocycles. The molecule has 0 aliphatic heterocycles. The van der Waals surface area contributed by atoms with Crippen molar-refractivity contribution in [1.29, 1.82) is 0 Å². The minimum absolute atomic E-state index is 0.146. The van der Waals surface area contributed by atoms with Crippen LogP contribution in [-0.2, 0) is 0 Å². The second kappa shape index (κ2) is 6.83. The molecule has 0 aliphatic rings. The smallest absolute Gasteiger partial charge is 0.276 e. The van der Waals surface area contributed by atoms with Gasteiger partial charge in [0.25, 0.3) is 5.91 Å². The number of carbonyl (C=O) groups is 1. The lowest BCUT2D eigenvalue weighted by Crippen LogP contribution is -2.18. The fraction of sp³-hybridized carbons (Fsp3) is 0.429. The average Bonchev–Trinajstić information content (AvgIpc) is 2.97. The molecule has 0 bridgehead atoms. The Hall–Kier alpha value is -2.44. The Morgan fingerprint density at radius 1 is 1.38 bits per heavy atom. The number of nitrogens with one attached hydrogen (secondary N) is 2. The predicted octanol–water partition coefficient (Wildman–Crippen LogP) is 2.66. The highest BCUT2D eigenvalue weighted by atomic mass is 16.5. The normalized spacial score (nSPS) is 10.7. The molecule has 112 valence electrons. The summed E-state index contributed by atoms with van der Waals surface area (Å²) in [6.07, 6.45) is 5.39. The minimum Gasteiger partial charge on any atom is -0.382 e. The fourth-order valence-corrected chi connectivity index (χ4v) is 1.69. The van der Waals surface area contributed by atoms with E-state index in [2.05, 4.69) is 25.8 Å². The first kappa shape index (κ1) is 15.0. The van der Waals surface area contributed by atoms with E-state index < -0.39 is 0 Å². The highest BCUT2D eigenvalue weighted by molar-refractivity contribution is 6.06. The van der Waals surface area contributed by atoms with Crippen molar-refractivity contribution < 1.29 is 9.32 Å². The second-order valence-corrected chi connectivity index (χ2v) is 4.94. The highest BCUT2D eigenvalue weighted by Crippen LogP contribution is 2.18. The molecular weight excluding hydrogens is 270 g/mol. The molecule has 0 unspecified atom stereocenters. The monoisotopic (exact) mass is 289 g/mol. The van der Waals surface area contributed by atoms with Crippen LogP contribution in [0.3, 0.4) is 0 Å². The molecule has 0 aliphatic carbocycles. The van der Waals surface area contributed by atoms with Crippen LogP contribution in [0.15, 0.2) is 23.2 Å². The topological polar surface area (TPSA) is 92.9 Å². The first-order valence-electron chi connectivity index (χ1n) is 6.93. The SMILES string of the molecule is CCCNc1cnc(C(C)C)nc1C(=O)Nc1cnoc1. The Morgan fingerprint density at radius 2 is 2.19 bits per heavy atom. The van der Waals surface area contributed by atoms with Crippen molar-refractivity contribution >= 4 is 17.3 Å². The molecule has 0 atom stereocenters. The molecule has 0 fully saturated rings. The standard InChI is InChI=1S/C14H19N5O2/c1-4-5-15-11-7-16-13(9(2)3)19-12(11)14(20)18-10-6-17-21-8-10/h6-9,15H,4-5H2,1-3H3,(H,18,20). The molecule has 0 radical (unpaired) electrons. The number of hydrogen-bond donors (Lipinski definition) is 2. The molecule has 2 aromatic rings. The quantitative estimate of drug-likeness (QED) is 0.849. The van der Waals surface area contributed by atoms with Gasteiger partial charge in [-0.25, -0.2) is 9.97 Å². The summed E-state index contributed by atoms with van der Waals surface area (Å²) in [5, 5.41) is 9.41. The zero-order chi connectivity index (χ0) is 15.2. The Kier molecular flexibility index (Phi) is 4.86. The molecule has 0 saturated carbocycles. The zero-order valence-electron chi connectivity index (χ0n) is 12.4. The van der Waals surface area contributed by atoms with Gasteiger partial charge in [0.2, 0.25) is 0 Å². The Bertz CT molecular complexity index is 595. The Balaban J connectivity index is 2.28. The van der Waals surface area contributed by atoms with Gasteiger partial charge >= 0.3 is 0 Å². The molecule has 7 nitrogen and oxygen atoms in total. The summed E-state index contributed by atoms with van der Waals surface area (Å²) in [6, 6.07) is 0. The molecule has 1 amide bonds. The van der Waals surface area contributed by atoms with E-state index in [9.17, 15) is 4.79 Å². The fourth-order valence-electron chi connectivity index (χ4n) is 1.69. The third-order valence-electron chi connectivity index (χ3n) is 2.79. The molecule has 2 N–H and O–H groups in total. The number of rotatable bonds is 6. The van der Waals surface area contributed by atoms with Gasteiger partial charge < -0.3 is 15.2 Å². The van der Waals surface area contributed by atoms with Gasteiger partial charge in [-0.15, -0.1) is 0 Å². The van der Waals surface area contributed by atoms with Crippen LogP contribution in [0.2, 0.25) is 0 Å².